The van der Waals surface area contributed by atoms with E-state index in [9.17, 15) is 14.0 Å². The molecule has 1 aliphatic rings. The number of amides is 1. The van der Waals surface area contributed by atoms with Crippen LogP contribution >= 0.6 is 0 Å². The number of esters is 1. The zero-order chi connectivity index (χ0) is 19.6. The first-order valence-corrected chi connectivity index (χ1v) is 8.89. The van der Waals surface area contributed by atoms with E-state index in [1.165, 1.54) is 12.1 Å². The van der Waals surface area contributed by atoms with E-state index in [-0.39, 0.29) is 18.3 Å². The molecule has 144 valence electrons. The number of halogens is 1. The number of carbonyl (C=O) groups excluding carboxylic acids is 2. The topological polar surface area (TPSA) is 63.0 Å². The zero-order valence-electron chi connectivity index (χ0n) is 15.8. The Morgan fingerprint density at radius 3 is 2.22 bits per heavy atom. The van der Waals surface area contributed by atoms with Crippen LogP contribution in [0.15, 0.2) is 28.7 Å². The maximum atomic E-state index is 13.0. The summed E-state index contributed by atoms with van der Waals surface area (Å²) >= 11 is 0. The molecule has 0 bridgehead atoms. The number of anilines is 1. The molecule has 6 nitrogen and oxygen atoms in total. The second kappa shape index (κ2) is 7.82. The zero-order valence-corrected chi connectivity index (χ0v) is 15.8. The van der Waals surface area contributed by atoms with Crippen molar-refractivity contribution in [3.05, 3.63) is 52.7 Å². The number of piperazine rings is 1. The van der Waals surface area contributed by atoms with Crippen LogP contribution in [-0.2, 0) is 9.53 Å². The minimum atomic E-state index is -0.542. The van der Waals surface area contributed by atoms with Crippen molar-refractivity contribution >= 4 is 17.6 Å². The lowest BCUT2D eigenvalue weighted by molar-refractivity contribution is -0.134. The minimum Gasteiger partial charge on any atom is -0.465 e. The molecule has 1 saturated heterocycles. The van der Waals surface area contributed by atoms with Gasteiger partial charge in [0, 0.05) is 37.4 Å². The van der Waals surface area contributed by atoms with E-state index in [0.717, 1.165) is 11.3 Å². The van der Waals surface area contributed by atoms with E-state index in [1.807, 2.05) is 0 Å². The van der Waals surface area contributed by atoms with Crippen LogP contribution in [0, 0.1) is 26.6 Å². The number of furan rings is 1. The molecule has 0 atom stereocenters. The van der Waals surface area contributed by atoms with Crippen LogP contribution in [-0.4, -0.2) is 49.6 Å². The van der Waals surface area contributed by atoms with Crippen LogP contribution in [0.25, 0.3) is 0 Å². The predicted molar refractivity (Wildman–Crippen MR) is 98.4 cm³/mol. The van der Waals surface area contributed by atoms with Crippen LogP contribution in [0.3, 0.4) is 0 Å². The van der Waals surface area contributed by atoms with Crippen LogP contribution in [0.1, 0.15) is 27.4 Å². The maximum absolute atomic E-state index is 13.0. The predicted octanol–water partition coefficient (Wildman–Crippen LogP) is 2.85. The summed E-state index contributed by atoms with van der Waals surface area (Å²) in [6, 6.07) is 6.31. The normalized spacial score (nSPS) is 14.4. The van der Waals surface area contributed by atoms with Crippen LogP contribution in [0.2, 0.25) is 0 Å². The summed E-state index contributed by atoms with van der Waals surface area (Å²) in [4.78, 5) is 28.4. The Morgan fingerprint density at radius 2 is 1.67 bits per heavy atom. The second-order valence-electron chi connectivity index (χ2n) is 6.63. The van der Waals surface area contributed by atoms with Crippen molar-refractivity contribution in [3.8, 4) is 0 Å². The molecule has 0 saturated carbocycles. The third kappa shape index (κ3) is 4.13. The SMILES string of the molecule is Cc1oc(C)c(C(=O)OCC(=O)N2CCN(c3ccc(F)cc3)CC2)c1C. The van der Waals surface area contributed by atoms with Gasteiger partial charge in [0.1, 0.15) is 22.9 Å². The highest BCUT2D eigenvalue weighted by atomic mass is 19.1. The fraction of sp³-hybridized carbons (Fsp3) is 0.400. The van der Waals surface area contributed by atoms with Gasteiger partial charge in [-0.15, -0.1) is 0 Å². The summed E-state index contributed by atoms with van der Waals surface area (Å²) < 4.78 is 23.6. The number of ether oxygens (including phenoxy) is 1. The van der Waals surface area contributed by atoms with Crippen molar-refractivity contribution in [2.45, 2.75) is 20.8 Å². The van der Waals surface area contributed by atoms with Crippen molar-refractivity contribution in [1.82, 2.24) is 4.90 Å². The molecule has 0 radical (unpaired) electrons. The molecule has 1 amide bonds. The molecule has 2 heterocycles. The minimum absolute atomic E-state index is 0.224. The summed E-state index contributed by atoms with van der Waals surface area (Å²) in [6.07, 6.45) is 0. The molecule has 1 aromatic carbocycles. The van der Waals surface area contributed by atoms with E-state index >= 15 is 0 Å². The number of rotatable bonds is 4. The first kappa shape index (κ1) is 18.9. The smallest absolute Gasteiger partial charge is 0.342 e. The average Bonchev–Trinajstić information content (AvgIpc) is 2.92. The molecule has 0 aliphatic carbocycles. The third-order valence-corrected chi connectivity index (χ3v) is 4.92. The molecule has 0 N–H and O–H groups in total. The van der Waals surface area contributed by atoms with Gasteiger partial charge in [-0.2, -0.15) is 0 Å². The number of hydrogen-bond donors (Lipinski definition) is 0. The first-order valence-electron chi connectivity index (χ1n) is 8.89. The van der Waals surface area contributed by atoms with E-state index < -0.39 is 5.97 Å². The fourth-order valence-corrected chi connectivity index (χ4v) is 3.25. The molecular formula is C20H23FN2O4. The Kier molecular flexibility index (Phi) is 5.48. The molecule has 1 aromatic heterocycles. The van der Waals surface area contributed by atoms with Gasteiger partial charge < -0.3 is 19.0 Å². The second-order valence-corrected chi connectivity index (χ2v) is 6.63. The van der Waals surface area contributed by atoms with Crippen molar-refractivity contribution in [3.63, 3.8) is 0 Å². The van der Waals surface area contributed by atoms with Gasteiger partial charge in [-0.3, -0.25) is 4.79 Å². The Balaban J connectivity index is 1.51. The number of aryl methyl sites for hydroxylation is 2. The van der Waals surface area contributed by atoms with E-state index in [1.54, 1.807) is 37.8 Å². The number of nitrogens with zero attached hydrogens (tertiary/aromatic N) is 2. The molecule has 2 aromatic rings. The lowest BCUT2D eigenvalue weighted by Gasteiger charge is -2.36. The Bertz CT molecular complexity index is 836. The van der Waals surface area contributed by atoms with Gasteiger partial charge >= 0.3 is 5.97 Å². The maximum Gasteiger partial charge on any atom is 0.342 e. The first-order chi connectivity index (χ1) is 12.9. The largest absolute Gasteiger partial charge is 0.465 e. The molecule has 0 spiro atoms. The van der Waals surface area contributed by atoms with E-state index in [4.69, 9.17) is 9.15 Å². The van der Waals surface area contributed by atoms with Gasteiger partial charge in [-0.25, -0.2) is 9.18 Å². The standard InChI is InChI=1S/C20H23FN2O4/c1-13-14(2)27-15(3)19(13)20(25)26-12-18(24)23-10-8-22(9-11-23)17-6-4-16(21)5-7-17/h4-7H,8-12H2,1-3H3. The Morgan fingerprint density at radius 1 is 1.04 bits per heavy atom. The van der Waals surface area contributed by atoms with Crippen molar-refractivity contribution in [2.24, 2.45) is 0 Å². The summed E-state index contributed by atoms with van der Waals surface area (Å²) in [6.45, 7) is 7.32. The molecule has 27 heavy (non-hydrogen) atoms. The van der Waals surface area contributed by atoms with Crippen molar-refractivity contribution in [2.75, 3.05) is 37.7 Å². The molecular weight excluding hydrogens is 351 g/mol. The van der Waals surface area contributed by atoms with Gasteiger partial charge in [0.15, 0.2) is 6.61 Å². The number of hydrogen-bond acceptors (Lipinski definition) is 5. The molecule has 3 rings (SSSR count). The summed E-state index contributed by atoms with van der Waals surface area (Å²) in [5, 5.41) is 0. The van der Waals surface area contributed by atoms with Crippen LogP contribution in [0.4, 0.5) is 10.1 Å². The van der Waals surface area contributed by atoms with Gasteiger partial charge in [0.25, 0.3) is 5.91 Å². The highest BCUT2D eigenvalue weighted by molar-refractivity contribution is 5.93. The fourth-order valence-electron chi connectivity index (χ4n) is 3.25. The van der Waals surface area contributed by atoms with Gasteiger partial charge in [0.2, 0.25) is 0 Å². The van der Waals surface area contributed by atoms with Crippen molar-refractivity contribution < 1.29 is 23.1 Å². The summed E-state index contributed by atoms with van der Waals surface area (Å²) in [5.74, 6) is 0.128. The Hall–Kier alpha value is -2.83. The van der Waals surface area contributed by atoms with E-state index in [0.29, 0.717) is 43.3 Å². The molecule has 0 unspecified atom stereocenters. The quantitative estimate of drug-likeness (QED) is 0.770. The molecule has 7 heteroatoms. The highest BCUT2D eigenvalue weighted by Crippen LogP contribution is 2.21. The highest BCUT2D eigenvalue weighted by Gasteiger charge is 2.24. The monoisotopic (exact) mass is 374 g/mol. The van der Waals surface area contributed by atoms with E-state index in [2.05, 4.69) is 4.90 Å². The van der Waals surface area contributed by atoms with Gasteiger partial charge in [0.05, 0.1) is 0 Å². The lowest BCUT2D eigenvalue weighted by atomic mass is 10.1. The number of benzene rings is 1. The lowest BCUT2D eigenvalue weighted by Crippen LogP contribution is -2.49. The Labute approximate surface area is 157 Å². The van der Waals surface area contributed by atoms with Crippen LogP contribution < -0.4 is 4.90 Å². The van der Waals surface area contributed by atoms with Gasteiger partial charge in [-0.1, -0.05) is 0 Å². The average molecular weight is 374 g/mol. The third-order valence-electron chi connectivity index (χ3n) is 4.92. The van der Waals surface area contributed by atoms with Gasteiger partial charge in [-0.05, 0) is 45.0 Å². The molecule has 1 aliphatic heterocycles. The van der Waals surface area contributed by atoms with Crippen molar-refractivity contribution in [1.29, 1.82) is 0 Å². The van der Waals surface area contributed by atoms with Crippen LogP contribution in [0.5, 0.6) is 0 Å². The summed E-state index contributed by atoms with van der Waals surface area (Å²) in [5.41, 5.74) is 2.05. The molecule has 1 fully saturated rings. The summed E-state index contributed by atoms with van der Waals surface area (Å²) in [7, 11) is 0. The number of carbonyl (C=O) groups is 2.